The first-order valence-electron chi connectivity index (χ1n) is 4.75. The Morgan fingerprint density at radius 1 is 1.11 bits per heavy atom. The fourth-order valence-electron chi connectivity index (χ4n) is 1.12. The molecule has 0 unspecified atom stereocenters. The number of rotatable bonds is 4. The van der Waals surface area contributed by atoms with Crippen molar-refractivity contribution in [2.75, 3.05) is 18.5 Å². The lowest BCUT2D eigenvalue weighted by atomic mass is 10.2. The standard InChI is InChI=1S/C10H9F6NO/c11-7-3-6(10(14,15)16)1-2-8(7)17-4-9(12,13)5-18/h1-3,17-18H,4-5H2. The van der Waals surface area contributed by atoms with Gasteiger partial charge in [-0.2, -0.15) is 13.2 Å². The molecule has 0 saturated heterocycles. The topological polar surface area (TPSA) is 32.3 Å². The van der Waals surface area contributed by atoms with Crippen LogP contribution in [0, 0.1) is 5.82 Å². The quantitative estimate of drug-likeness (QED) is 0.827. The van der Waals surface area contributed by atoms with E-state index in [4.69, 9.17) is 5.11 Å². The monoisotopic (exact) mass is 273 g/mol. The number of benzene rings is 1. The zero-order valence-electron chi connectivity index (χ0n) is 8.86. The highest BCUT2D eigenvalue weighted by Gasteiger charge is 2.32. The Hall–Kier alpha value is -1.44. The first-order chi connectivity index (χ1) is 8.15. The van der Waals surface area contributed by atoms with Crippen molar-refractivity contribution >= 4 is 5.69 Å². The number of alkyl halides is 5. The van der Waals surface area contributed by atoms with Gasteiger partial charge in [0.1, 0.15) is 12.4 Å². The predicted molar refractivity (Wildman–Crippen MR) is 51.9 cm³/mol. The number of anilines is 1. The minimum atomic E-state index is -4.70. The van der Waals surface area contributed by atoms with Gasteiger partial charge in [-0.3, -0.25) is 0 Å². The van der Waals surface area contributed by atoms with E-state index in [0.29, 0.717) is 12.1 Å². The van der Waals surface area contributed by atoms with Crippen LogP contribution in [-0.4, -0.2) is 24.2 Å². The van der Waals surface area contributed by atoms with Gasteiger partial charge in [0.05, 0.1) is 17.8 Å². The Kier molecular flexibility index (Phi) is 4.10. The molecule has 0 saturated carbocycles. The maximum Gasteiger partial charge on any atom is 0.416 e. The van der Waals surface area contributed by atoms with Crippen LogP contribution in [0.1, 0.15) is 5.56 Å². The molecule has 0 aliphatic carbocycles. The molecular weight excluding hydrogens is 264 g/mol. The average Bonchev–Trinajstić information content (AvgIpc) is 2.26. The molecule has 2 nitrogen and oxygen atoms in total. The van der Waals surface area contributed by atoms with Crippen LogP contribution in [0.2, 0.25) is 0 Å². The lowest BCUT2D eigenvalue weighted by Gasteiger charge is -2.16. The van der Waals surface area contributed by atoms with Gasteiger partial charge in [0.2, 0.25) is 0 Å². The second-order valence-electron chi connectivity index (χ2n) is 3.56. The smallest absolute Gasteiger partial charge is 0.390 e. The Morgan fingerprint density at radius 2 is 1.72 bits per heavy atom. The Morgan fingerprint density at radius 3 is 2.17 bits per heavy atom. The van der Waals surface area contributed by atoms with E-state index in [9.17, 15) is 26.3 Å². The SMILES string of the molecule is OCC(F)(F)CNc1ccc(C(F)(F)F)cc1F. The van der Waals surface area contributed by atoms with Gasteiger partial charge in [-0.15, -0.1) is 0 Å². The molecule has 0 aliphatic rings. The zero-order chi connectivity index (χ0) is 14.0. The van der Waals surface area contributed by atoms with Crippen LogP contribution in [0.4, 0.5) is 32.0 Å². The summed E-state index contributed by atoms with van der Waals surface area (Å²) in [5.74, 6) is -4.77. The minimum Gasteiger partial charge on any atom is -0.390 e. The second-order valence-corrected chi connectivity index (χ2v) is 3.56. The zero-order valence-corrected chi connectivity index (χ0v) is 8.86. The summed E-state index contributed by atoms with van der Waals surface area (Å²) in [7, 11) is 0. The van der Waals surface area contributed by atoms with Gasteiger partial charge in [0.15, 0.2) is 0 Å². The lowest BCUT2D eigenvalue weighted by molar-refractivity contribution is -0.137. The van der Waals surface area contributed by atoms with Crippen molar-refractivity contribution < 1.29 is 31.4 Å². The van der Waals surface area contributed by atoms with Crippen LogP contribution in [-0.2, 0) is 6.18 Å². The molecule has 102 valence electrons. The van der Waals surface area contributed by atoms with E-state index in [-0.39, 0.29) is 6.07 Å². The van der Waals surface area contributed by atoms with Crippen LogP contribution in [0.15, 0.2) is 18.2 Å². The molecule has 0 heterocycles. The second kappa shape index (κ2) is 5.05. The molecule has 8 heteroatoms. The molecule has 0 fully saturated rings. The third-order valence-electron chi connectivity index (χ3n) is 2.07. The summed E-state index contributed by atoms with van der Waals surface area (Å²) in [6.45, 7) is -2.52. The summed E-state index contributed by atoms with van der Waals surface area (Å²) in [6.07, 6.45) is -4.70. The maximum atomic E-state index is 13.2. The van der Waals surface area contributed by atoms with Crippen molar-refractivity contribution in [1.29, 1.82) is 0 Å². The van der Waals surface area contributed by atoms with E-state index >= 15 is 0 Å². The summed E-state index contributed by atoms with van der Waals surface area (Å²) in [5, 5.41) is 10.2. The van der Waals surface area contributed by atoms with Gasteiger partial charge >= 0.3 is 6.18 Å². The minimum absolute atomic E-state index is 0.208. The summed E-state index contributed by atoms with van der Waals surface area (Å²) < 4.78 is 75.0. The first-order valence-corrected chi connectivity index (χ1v) is 4.75. The van der Waals surface area contributed by atoms with Crippen LogP contribution in [0.3, 0.4) is 0 Å². The fraction of sp³-hybridized carbons (Fsp3) is 0.400. The highest BCUT2D eigenvalue weighted by molar-refractivity contribution is 5.47. The number of nitrogens with one attached hydrogen (secondary N) is 1. The van der Waals surface area contributed by atoms with Gasteiger partial charge in [-0.05, 0) is 18.2 Å². The van der Waals surface area contributed by atoms with Gasteiger partial charge in [0.25, 0.3) is 5.92 Å². The van der Waals surface area contributed by atoms with Crippen LogP contribution >= 0.6 is 0 Å². The molecule has 1 aromatic rings. The molecule has 0 aromatic heterocycles. The summed E-state index contributed by atoms with van der Waals surface area (Å²) in [5.41, 5.74) is -1.70. The molecule has 0 atom stereocenters. The van der Waals surface area contributed by atoms with Gasteiger partial charge in [-0.25, -0.2) is 13.2 Å². The highest BCUT2D eigenvalue weighted by Crippen LogP contribution is 2.31. The highest BCUT2D eigenvalue weighted by atomic mass is 19.4. The Balaban J connectivity index is 2.81. The molecule has 0 bridgehead atoms. The molecule has 0 aliphatic heterocycles. The van der Waals surface area contributed by atoms with Gasteiger partial charge in [0, 0.05) is 0 Å². The normalized spacial score (nSPS) is 12.6. The van der Waals surface area contributed by atoms with E-state index < -0.39 is 42.3 Å². The Bertz CT molecular complexity index is 417. The van der Waals surface area contributed by atoms with E-state index in [2.05, 4.69) is 0 Å². The van der Waals surface area contributed by atoms with Crippen molar-refractivity contribution in [3.8, 4) is 0 Å². The van der Waals surface area contributed by atoms with Crippen LogP contribution in [0.25, 0.3) is 0 Å². The number of hydrogen-bond donors (Lipinski definition) is 2. The molecule has 0 radical (unpaired) electrons. The molecular formula is C10H9F6NO. The van der Waals surface area contributed by atoms with Crippen molar-refractivity contribution in [2.24, 2.45) is 0 Å². The molecule has 1 rings (SSSR count). The summed E-state index contributed by atoms with van der Waals surface area (Å²) in [4.78, 5) is 0. The average molecular weight is 273 g/mol. The van der Waals surface area contributed by atoms with Crippen LogP contribution < -0.4 is 5.32 Å². The molecule has 1 aromatic carbocycles. The largest absolute Gasteiger partial charge is 0.416 e. The first kappa shape index (κ1) is 14.6. The number of aliphatic hydroxyl groups is 1. The van der Waals surface area contributed by atoms with E-state index in [1.807, 2.05) is 5.32 Å². The van der Waals surface area contributed by atoms with Crippen molar-refractivity contribution in [1.82, 2.24) is 0 Å². The van der Waals surface area contributed by atoms with Crippen molar-refractivity contribution in [3.63, 3.8) is 0 Å². The summed E-state index contributed by atoms with van der Waals surface area (Å²) in [6, 6.07) is 1.49. The van der Waals surface area contributed by atoms with E-state index in [1.54, 1.807) is 0 Å². The predicted octanol–water partition coefficient (Wildman–Crippen LogP) is 2.88. The molecule has 18 heavy (non-hydrogen) atoms. The number of hydrogen-bond acceptors (Lipinski definition) is 2. The molecule has 2 N–H and O–H groups in total. The number of halogens is 6. The van der Waals surface area contributed by atoms with Gasteiger partial charge in [-0.1, -0.05) is 0 Å². The van der Waals surface area contributed by atoms with Gasteiger partial charge < -0.3 is 10.4 Å². The Labute approximate surface area is 98.2 Å². The molecule has 0 amide bonds. The third kappa shape index (κ3) is 3.80. The van der Waals surface area contributed by atoms with E-state index in [0.717, 1.165) is 0 Å². The van der Waals surface area contributed by atoms with Crippen LogP contribution in [0.5, 0.6) is 0 Å². The van der Waals surface area contributed by atoms with Crippen molar-refractivity contribution in [3.05, 3.63) is 29.6 Å². The van der Waals surface area contributed by atoms with E-state index in [1.165, 1.54) is 0 Å². The lowest BCUT2D eigenvalue weighted by Crippen LogP contribution is -2.31. The third-order valence-corrected chi connectivity index (χ3v) is 2.07. The van der Waals surface area contributed by atoms with Crippen molar-refractivity contribution in [2.45, 2.75) is 12.1 Å². The number of aliphatic hydroxyl groups excluding tert-OH is 1. The summed E-state index contributed by atoms with van der Waals surface area (Å²) >= 11 is 0. The maximum absolute atomic E-state index is 13.2. The fourth-order valence-corrected chi connectivity index (χ4v) is 1.12. The molecule has 0 spiro atoms.